The van der Waals surface area contributed by atoms with Crippen LogP contribution in [0.2, 0.25) is 0 Å². The summed E-state index contributed by atoms with van der Waals surface area (Å²) < 4.78 is 9.30. The lowest BCUT2D eigenvalue weighted by atomic mass is 10.4. The molecule has 11 heavy (non-hydrogen) atoms. The molecular formula is C8H12O3. The zero-order valence-corrected chi connectivity index (χ0v) is 6.74. The monoisotopic (exact) mass is 156 g/mol. The van der Waals surface area contributed by atoms with Crippen molar-refractivity contribution in [2.24, 2.45) is 0 Å². The zero-order chi connectivity index (χ0) is 8.69. The van der Waals surface area contributed by atoms with Gasteiger partial charge in [0.15, 0.2) is 0 Å². The Morgan fingerprint density at radius 1 is 1.64 bits per heavy atom. The maximum atomic E-state index is 10.5. The highest BCUT2D eigenvalue weighted by Crippen LogP contribution is 1.91. The standard InChI is InChI=1S/C8H12O3/c1-4-7(2)11-6-5-8(9)10-3/h4-7H,1H2,2-3H3/b6-5+/t7-/m0/s1. The summed E-state index contributed by atoms with van der Waals surface area (Å²) in [5.41, 5.74) is 0. The van der Waals surface area contributed by atoms with Crippen LogP contribution in [0.5, 0.6) is 0 Å². The Morgan fingerprint density at radius 3 is 2.73 bits per heavy atom. The number of carbonyl (C=O) groups is 1. The second-order valence-corrected chi connectivity index (χ2v) is 1.90. The number of hydrogen-bond acceptors (Lipinski definition) is 3. The van der Waals surface area contributed by atoms with Crippen molar-refractivity contribution in [3.63, 3.8) is 0 Å². The molecule has 0 aliphatic rings. The van der Waals surface area contributed by atoms with Gasteiger partial charge in [-0.2, -0.15) is 0 Å². The fourth-order valence-corrected chi connectivity index (χ4v) is 0.342. The molecular weight excluding hydrogens is 144 g/mol. The molecule has 0 aromatic heterocycles. The van der Waals surface area contributed by atoms with Crippen molar-refractivity contribution in [3.8, 4) is 0 Å². The van der Waals surface area contributed by atoms with Crippen LogP contribution in [0.25, 0.3) is 0 Å². The first kappa shape index (κ1) is 9.75. The summed E-state index contributed by atoms with van der Waals surface area (Å²) in [6.07, 6.45) is 4.04. The number of carbonyl (C=O) groups excluding carboxylic acids is 1. The summed E-state index contributed by atoms with van der Waals surface area (Å²) in [5, 5.41) is 0. The summed E-state index contributed by atoms with van der Waals surface area (Å²) in [6, 6.07) is 0. The zero-order valence-electron chi connectivity index (χ0n) is 6.74. The van der Waals surface area contributed by atoms with Gasteiger partial charge in [-0.3, -0.25) is 0 Å². The Balaban J connectivity index is 3.59. The lowest BCUT2D eigenvalue weighted by Gasteiger charge is -2.03. The Kier molecular flexibility index (Phi) is 4.90. The van der Waals surface area contributed by atoms with Gasteiger partial charge in [0.25, 0.3) is 0 Å². The van der Waals surface area contributed by atoms with Crippen molar-refractivity contribution in [1.82, 2.24) is 0 Å². The fourth-order valence-electron chi connectivity index (χ4n) is 0.342. The molecule has 0 bridgehead atoms. The van der Waals surface area contributed by atoms with Gasteiger partial charge in [0.05, 0.1) is 19.4 Å². The normalized spacial score (nSPS) is 12.5. The van der Waals surface area contributed by atoms with Crippen LogP contribution in [0.3, 0.4) is 0 Å². The first-order chi connectivity index (χ1) is 5.20. The Morgan fingerprint density at radius 2 is 2.27 bits per heavy atom. The van der Waals surface area contributed by atoms with Crippen LogP contribution in [0, 0.1) is 0 Å². The fraction of sp³-hybridized carbons (Fsp3) is 0.375. The van der Waals surface area contributed by atoms with E-state index in [1.807, 2.05) is 6.92 Å². The average molecular weight is 156 g/mol. The molecule has 0 aromatic rings. The van der Waals surface area contributed by atoms with Crippen LogP contribution < -0.4 is 0 Å². The largest absolute Gasteiger partial charge is 0.494 e. The van der Waals surface area contributed by atoms with Crippen molar-refractivity contribution in [1.29, 1.82) is 0 Å². The van der Waals surface area contributed by atoms with Gasteiger partial charge in [0.1, 0.15) is 6.10 Å². The number of ether oxygens (including phenoxy) is 2. The highest BCUT2D eigenvalue weighted by molar-refractivity contribution is 5.81. The molecule has 0 aromatic carbocycles. The molecule has 0 aliphatic carbocycles. The van der Waals surface area contributed by atoms with Gasteiger partial charge >= 0.3 is 5.97 Å². The van der Waals surface area contributed by atoms with E-state index in [4.69, 9.17) is 4.74 Å². The van der Waals surface area contributed by atoms with Crippen LogP contribution in [0.1, 0.15) is 6.92 Å². The van der Waals surface area contributed by atoms with Crippen molar-refractivity contribution < 1.29 is 14.3 Å². The molecule has 0 heterocycles. The van der Waals surface area contributed by atoms with E-state index in [9.17, 15) is 4.79 Å². The second-order valence-electron chi connectivity index (χ2n) is 1.90. The molecule has 0 saturated heterocycles. The first-order valence-electron chi connectivity index (χ1n) is 3.23. The van der Waals surface area contributed by atoms with Gasteiger partial charge in [-0.05, 0) is 6.92 Å². The van der Waals surface area contributed by atoms with Gasteiger partial charge < -0.3 is 9.47 Å². The van der Waals surface area contributed by atoms with E-state index in [1.165, 1.54) is 19.4 Å². The van der Waals surface area contributed by atoms with E-state index in [1.54, 1.807) is 6.08 Å². The molecule has 3 nitrogen and oxygen atoms in total. The Labute approximate surface area is 66.3 Å². The number of methoxy groups -OCH3 is 1. The van der Waals surface area contributed by atoms with Crippen LogP contribution in [-0.2, 0) is 14.3 Å². The van der Waals surface area contributed by atoms with Crippen molar-refractivity contribution in [3.05, 3.63) is 25.0 Å². The van der Waals surface area contributed by atoms with Crippen LogP contribution in [0.15, 0.2) is 25.0 Å². The molecule has 0 spiro atoms. The van der Waals surface area contributed by atoms with E-state index in [0.717, 1.165) is 0 Å². The molecule has 1 atom stereocenters. The predicted molar refractivity (Wildman–Crippen MR) is 41.9 cm³/mol. The molecule has 3 heteroatoms. The minimum Gasteiger partial charge on any atom is -0.494 e. The predicted octanol–water partition coefficient (Wildman–Crippen LogP) is 1.26. The third kappa shape index (κ3) is 5.21. The SMILES string of the molecule is C=C[C@H](C)O/C=C/C(=O)OC. The minimum atomic E-state index is -0.429. The van der Waals surface area contributed by atoms with Crippen LogP contribution in [0.4, 0.5) is 0 Å². The third-order valence-electron chi connectivity index (χ3n) is 1.03. The van der Waals surface area contributed by atoms with E-state index < -0.39 is 5.97 Å². The average Bonchev–Trinajstić information content (AvgIpc) is 2.04. The second kappa shape index (κ2) is 5.53. The maximum absolute atomic E-state index is 10.5. The van der Waals surface area contributed by atoms with Gasteiger partial charge in [-0.1, -0.05) is 12.7 Å². The topological polar surface area (TPSA) is 35.5 Å². The van der Waals surface area contributed by atoms with Gasteiger partial charge in [0, 0.05) is 0 Å². The van der Waals surface area contributed by atoms with Crippen LogP contribution in [-0.4, -0.2) is 19.2 Å². The highest BCUT2D eigenvalue weighted by atomic mass is 16.5. The summed E-state index contributed by atoms with van der Waals surface area (Å²) in [7, 11) is 1.31. The van der Waals surface area contributed by atoms with Gasteiger partial charge in [-0.25, -0.2) is 4.79 Å². The number of hydrogen-bond donors (Lipinski definition) is 0. The maximum Gasteiger partial charge on any atom is 0.333 e. The summed E-state index contributed by atoms with van der Waals surface area (Å²) in [5.74, 6) is -0.429. The van der Waals surface area contributed by atoms with Crippen molar-refractivity contribution in [2.45, 2.75) is 13.0 Å². The molecule has 0 radical (unpaired) electrons. The van der Waals surface area contributed by atoms with E-state index in [-0.39, 0.29) is 6.10 Å². The lowest BCUT2D eigenvalue weighted by Crippen LogP contribution is -1.99. The van der Waals surface area contributed by atoms with Crippen molar-refractivity contribution >= 4 is 5.97 Å². The summed E-state index contributed by atoms with van der Waals surface area (Å²) in [6.45, 7) is 5.32. The first-order valence-corrected chi connectivity index (χ1v) is 3.23. The number of esters is 1. The molecule has 62 valence electrons. The van der Waals surface area contributed by atoms with Gasteiger partial charge in [-0.15, -0.1) is 0 Å². The Bertz CT molecular complexity index is 161. The molecule has 0 unspecified atom stereocenters. The van der Waals surface area contributed by atoms with Crippen LogP contribution >= 0.6 is 0 Å². The number of rotatable bonds is 4. The quantitative estimate of drug-likeness (QED) is 0.266. The summed E-state index contributed by atoms with van der Waals surface area (Å²) >= 11 is 0. The van der Waals surface area contributed by atoms with E-state index in [2.05, 4.69) is 11.3 Å². The minimum absolute atomic E-state index is 0.0871. The molecule has 0 aliphatic heterocycles. The molecule has 0 saturated carbocycles. The smallest absolute Gasteiger partial charge is 0.333 e. The lowest BCUT2D eigenvalue weighted by molar-refractivity contribution is -0.135. The molecule has 0 rings (SSSR count). The molecule has 0 N–H and O–H groups in total. The highest BCUT2D eigenvalue weighted by Gasteiger charge is 1.92. The Hall–Kier alpha value is -1.25. The van der Waals surface area contributed by atoms with Crippen molar-refractivity contribution in [2.75, 3.05) is 7.11 Å². The molecule has 0 amide bonds. The van der Waals surface area contributed by atoms with E-state index in [0.29, 0.717) is 0 Å². The third-order valence-corrected chi connectivity index (χ3v) is 1.03. The molecule has 0 fully saturated rings. The van der Waals surface area contributed by atoms with E-state index >= 15 is 0 Å². The van der Waals surface area contributed by atoms with Gasteiger partial charge in [0.2, 0.25) is 0 Å². The summed E-state index contributed by atoms with van der Waals surface area (Å²) in [4.78, 5) is 10.5.